The number of hydrogen-bond acceptors (Lipinski definition) is 2. The summed E-state index contributed by atoms with van der Waals surface area (Å²) < 4.78 is 2.09. The molecule has 0 N–H and O–H groups in total. The van der Waals surface area contributed by atoms with Crippen LogP contribution in [0.4, 0.5) is 0 Å². The van der Waals surface area contributed by atoms with Gasteiger partial charge in [-0.25, -0.2) is 0 Å². The highest BCUT2D eigenvalue weighted by Crippen LogP contribution is 2.29. The van der Waals surface area contributed by atoms with Gasteiger partial charge in [-0.3, -0.25) is 0 Å². The van der Waals surface area contributed by atoms with E-state index in [0.29, 0.717) is 5.56 Å². The lowest BCUT2D eigenvalue weighted by Crippen LogP contribution is -2.03. The molecule has 0 aromatic heterocycles. The normalized spacial score (nSPS) is 12.3. The van der Waals surface area contributed by atoms with Crippen LogP contribution in [-0.4, -0.2) is 0 Å². The summed E-state index contributed by atoms with van der Waals surface area (Å²) >= 11 is 6.96. The first-order valence-electron chi connectivity index (χ1n) is 8.42. The van der Waals surface area contributed by atoms with Crippen molar-refractivity contribution in [1.29, 1.82) is 10.5 Å². The van der Waals surface area contributed by atoms with Crippen molar-refractivity contribution in [2.45, 2.75) is 25.7 Å². The zero-order chi connectivity index (χ0) is 18.5. The van der Waals surface area contributed by atoms with Gasteiger partial charge in [0.1, 0.15) is 0 Å². The Kier molecular flexibility index (Phi) is 6.09. The predicted octanol–water partition coefficient (Wildman–Crippen LogP) is 6.67. The number of halogens is 2. The minimum atomic E-state index is 0.686. The summed E-state index contributed by atoms with van der Waals surface area (Å²) in [5.41, 5.74) is 4.22. The molecule has 26 heavy (non-hydrogen) atoms. The molecular weight excluding hydrogens is 452 g/mol. The molecule has 0 aliphatic heterocycles. The maximum Gasteiger partial charge on any atom is 0.0992 e. The summed E-state index contributed by atoms with van der Waals surface area (Å²) in [6.45, 7) is 0. The molecule has 0 spiro atoms. The van der Waals surface area contributed by atoms with Gasteiger partial charge in [-0.1, -0.05) is 56.1 Å². The lowest BCUT2D eigenvalue weighted by atomic mass is 9.90. The molecule has 2 nitrogen and oxygen atoms in total. The van der Waals surface area contributed by atoms with Crippen LogP contribution >= 0.6 is 31.9 Å². The van der Waals surface area contributed by atoms with Gasteiger partial charge in [-0.05, 0) is 71.8 Å². The molecule has 4 rings (SSSR count). The first kappa shape index (κ1) is 18.6. The van der Waals surface area contributed by atoms with Crippen LogP contribution in [0.5, 0.6) is 0 Å². The standard InChI is InChI=1S/C11H10BrN.C11H6BrN/c2*12-11-6-8(7-13)5-9-3-1-2-4-10(9)11/h5-6H,1-4H2;1-6H. The molecule has 128 valence electrons. The number of nitriles is 2. The monoisotopic (exact) mass is 466 g/mol. The van der Waals surface area contributed by atoms with Crippen LogP contribution in [0.1, 0.15) is 35.1 Å². The molecule has 3 aromatic carbocycles. The number of benzene rings is 3. The Morgan fingerprint density at radius 2 is 1.42 bits per heavy atom. The molecule has 0 saturated heterocycles. The van der Waals surface area contributed by atoms with Gasteiger partial charge in [-0.2, -0.15) is 10.5 Å². The maximum atomic E-state index is 8.79. The van der Waals surface area contributed by atoms with Crippen LogP contribution in [0.15, 0.2) is 57.5 Å². The topological polar surface area (TPSA) is 47.6 Å². The van der Waals surface area contributed by atoms with Gasteiger partial charge in [-0.15, -0.1) is 0 Å². The fourth-order valence-electron chi connectivity index (χ4n) is 3.21. The molecular formula is C22H16Br2N2. The second kappa shape index (κ2) is 8.49. The molecule has 0 amide bonds. The van der Waals surface area contributed by atoms with E-state index in [9.17, 15) is 0 Å². The number of hydrogen-bond donors (Lipinski definition) is 0. The van der Waals surface area contributed by atoms with Gasteiger partial charge < -0.3 is 0 Å². The molecule has 0 radical (unpaired) electrons. The summed E-state index contributed by atoms with van der Waals surface area (Å²) in [5, 5.41) is 19.8. The molecule has 3 aromatic rings. The van der Waals surface area contributed by atoms with E-state index >= 15 is 0 Å². The fourth-order valence-corrected chi connectivity index (χ4v) is 4.51. The van der Waals surface area contributed by atoms with E-state index in [-0.39, 0.29) is 0 Å². The molecule has 0 fully saturated rings. The Morgan fingerprint density at radius 1 is 0.769 bits per heavy atom. The molecule has 4 heteroatoms. The maximum absolute atomic E-state index is 8.79. The van der Waals surface area contributed by atoms with Gasteiger partial charge in [0.25, 0.3) is 0 Å². The van der Waals surface area contributed by atoms with E-state index in [1.54, 1.807) is 0 Å². The molecule has 0 saturated carbocycles. The highest BCUT2D eigenvalue weighted by atomic mass is 79.9. The van der Waals surface area contributed by atoms with Crippen LogP contribution in [0.3, 0.4) is 0 Å². The van der Waals surface area contributed by atoms with Crippen molar-refractivity contribution in [3.8, 4) is 12.1 Å². The fraction of sp³-hybridized carbons (Fsp3) is 0.182. The summed E-state index contributed by atoms with van der Waals surface area (Å²) in [4.78, 5) is 0. The van der Waals surface area contributed by atoms with Crippen LogP contribution < -0.4 is 0 Å². The third-order valence-electron chi connectivity index (χ3n) is 4.48. The Morgan fingerprint density at radius 3 is 2.19 bits per heavy atom. The van der Waals surface area contributed by atoms with Crippen molar-refractivity contribution in [2.24, 2.45) is 0 Å². The third-order valence-corrected chi connectivity index (χ3v) is 5.84. The van der Waals surface area contributed by atoms with Gasteiger partial charge in [0, 0.05) is 8.95 Å². The highest BCUT2D eigenvalue weighted by molar-refractivity contribution is 9.11. The second-order valence-corrected chi connectivity index (χ2v) is 7.91. The Hall–Kier alpha value is -2.14. The Balaban J connectivity index is 0.000000151. The Labute approximate surface area is 170 Å². The van der Waals surface area contributed by atoms with E-state index < -0.39 is 0 Å². The summed E-state index contributed by atoms with van der Waals surface area (Å²) in [5.74, 6) is 0. The first-order valence-corrected chi connectivity index (χ1v) is 10.0. The molecule has 0 bridgehead atoms. The summed E-state index contributed by atoms with van der Waals surface area (Å²) in [6.07, 6.45) is 4.82. The minimum absolute atomic E-state index is 0.686. The van der Waals surface area contributed by atoms with Crippen LogP contribution in [0.25, 0.3) is 10.8 Å². The third kappa shape index (κ3) is 4.15. The lowest BCUT2D eigenvalue weighted by Gasteiger charge is -2.17. The number of nitrogens with zero attached hydrogens (tertiary/aromatic N) is 2. The van der Waals surface area contributed by atoms with Crippen molar-refractivity contribution >= 4 is 42.6 Å². The van der Waals surface area contributed by atoms with Crippen LogP contribution in [0, 0.1) is 22.7 Å². The van der Waals surface area contributed by atoms with Crippen molar-refractivity contribution in [2.75, 3.05) is 0 Å². The van der Waals surface area contributed by atoms with Crippen molar-refractivity contribution in [3.63, 3.8) is 0 Å². The molecule has 1 aliphatic carbocycles. The molecule has 1 aliphatic rings. The summed E-state index contributed by atoms with van der Waals surface area (Å²) in [6, 6.07) is 20.0. The lowest BCUT2D eigenvalue weighted by molar-refractivity contribution is 0.683. The predicted molar refractivity (Wildman–Crippen MR) is 112 cm³/mol. The minimum Gasteiger partial charge on any atom is -0.192 e. The number of fused-ring (bicyclic) bond motifs is 2. The van der Waals surface area contributed by atoms with Crippen LogP contribution in [-0.2, 0) is 12.8 Å². The number of aryl methyl sites for hydroxylation is 1. The zero-order valence-electron chi connectivity index (χ0n) is 14.1. The summed E-state index contributed by atoms with van der Waals surface area (Å²) in [7, 11) is 0. The molecule has 0 unspecified atom stereocenters. The Bertz CT molecular complexity index is 1040. The average Bonchev–Trinajstić information content (AvgIpc) is 2.68. The molecule has 0 heterocycles. The van der Waals surface area contributed by atoms with E-state index in [0.717, 1.165) is 38.1 Å². The van der Waals surface area contributed by atoms with Gasteiger partial charge >= 0.3 is 0 Å². The highest BCUT2D eigenvalue weighted by Gasteiger charge is 2.13. The van der Waals surface area contributed by atoms with Crippen molar-refractivity contribution < 1.29 is 0 Å². The smallest absolute Gasteiger partial charge is 0.0992 e. The van der Waals surface area contributed by atoms with E-state index in [2.05, 4.69) is 44.0 Å². The van der Waals surface area contributed by atoms with Gasteiger partial charge in [0.15, 0.2) is 0 Å². The molecule has 0 atom stereocenters. The van der Waals surface area contributed by atoms with Crippen LogP contribution in [0.2, 0.25) is 0 Å². The van der Waals surface area contributed by atoms with Gasteiger partial charge in [0.05, 0.1) is 23.3 Å². The zero-order valence-corrected chi connectivity index (χ0v) is 17.3. The van der Waals surface area contributed by atoms with Crippen molar-refractivity contribution in [3.05, 3.63) is 79.7 Å². The van der Waals surface area contributed by atoms with E-state index in [1.165, 1.54) is 24.0 Å². The van der Waals surface area contributed by atoms with Gasteiger partial charge in [0.2, 0.25) is 0 Å². The number of rotatable bonds is 0. The van der Waals surface area contributed by atoms with E-state index in [4.69, 9.17) is 10.5 Å². The second-order valence-electron chi connectivity index (χ2n) is 6.21. The first-order chi connectivity index (χ1) is 12.6. The van der Waals surface area contributed by atoms with Crippen molar-refractivity contribution in [1.82, 2.24) is 0 Å². The average molecular weight is 468 g/mol. The quantitative estimate of drug-likeness (QED) is 0.370. The van der Waals surface area contributed by atoms with E-state index in [1.807, 2.05) is 48.5 Å². The largest absolute Gasteiger partial charge is 0.192 e. The SMILES string of the molecule is N#Cc1cc(Br)c2c(c1)CCCC2.N#Cc1cc(Br)c2ccccc2c1.